The van der Waals surface area contributed by atoms with E-state index in [4.69, 9.17) is 14.2 Å². The molecule has 0 aromatic heterocycles. The van der Waals surface area contributed by atoms with Gasteiger partial charge in [0.2, 0.25) is 0 Å². The van der Waals surface area contributed by atoms with Gasteiger partial charge in [0.25, 0.3) is 0 Å². The highest BCUT2D eigenvalue weighted by Gasteiger charge is 2.56. The van der Waals surface area contributed by atoms with Gasteiger partial charge in [-0.2, -0.15) is 0 Å². The Morgan fingerprint density at radius 3 is 2.48 bits per heavy atom. The summed E-state index contributed by atoms with van der Waals surface area (Å²) in [6.45, 7) is 9.98. The van der Waals surface area contributed by atoms with Gasteiger partial charge in [0, 0.05) is 0 Å². The van der Waals surface area contributed by atoms with Crippen LogP contribution in [0.1, 0.15) is 72.6 Å². The van der Waals surface area contributed by atoms with E-state index in [0.717, 1.165) is 49.4 Å². The average Bonchev–Trinajstić information content (AvgIpc) is 3.59. The van der Waals surface area contributed by atoms with Crippen LogP contribution in [-0.4, -0.2) is 37.0 Å². The molecule has 164 valence electrons. The maximum atomic E-state index is 12.9. The number of carbonyl (C=O) groups excluding carboxylic acids is 1. The third kappa shape index (κ3) is 3.89. The van der Waals surface area contributed by atoms with Gasteiger partial charge < -0.3 is 14.2 Å². The van der Waals surface area contributed by atoms with Crippen LogP contribution in [0.5, 0.6) is 0 Å². The molecule has 29 heavy (non-hydrogen) atoms. The Morgan fingerprint density at radius 1 is 0.966 bits per heavy atom. The lowest BCUT2D eigenvalue weighted by molar-refractivity contribution is -0.154. The standard InChI is InChI=1S/C25H40O4/c1-13(2)17-7-5-14(3)11-19(17)22-16(6-9-21-24(22)29-21)12-27-25(26)18-8-10-20-23(28-20)15(18)4/h13-24H,5-12H2,1-4H3. The number of hydrogen-bond donors (Lipinski definition) is 0. The van der Waals surface area contributed by atoms with E-state index in [-0.39, 0.29) is 11.9 Å². The highest BCUT2D eigenvalue weighted by Crippen LogP contribution is 2.54. The molecule has 0 N–H and O–H groups in total. The second kappa shape index (κ2) is 7.82. The Balaban J connectivity index is 1.25. The number of esters is 1. The van der Waals surface area contributed by atoms with Crippen molar-refractivity contribution in [3.63, 3.8) is 0 Å². The minimum atomic E-state index is 0.0291. The van der Waals surface area contributed by atoms with Gasteiger partial charge in [0.1, 0.15) is 0 Å². The van der Waals surface area contributed by atoms with Gasteiger partial charge in [-0.15, -0.1) is 0 Å². The Morgan fingerprint density at radius 2 is 1.69 bits per heavy atom. The largest absolute Gasteiger partial charge is 0.465 e. The van der Waals surface area contributed by atoms with Crippen molar-refractivity contribution in [2.45, 2.75) is 97.1 Å². The minimum absolute atomic E-state index is 0.0291. The summed E-state index contributed by atoms with van der Waals surface area (Å²) < 4.78 is 17.9. The van der Waals surface area contributed by atoms with Crippen LogP contribution in [0.3, 0.4) is 0 Å². The van der Waals surface area contributed by atoms with Gasteiger partial charge in [-0.3, -0.25) is 4.79 Å². The fraction of sp³-hybridized carbons (Fsp3) is 0.960. The molecule has 5 aliphatic rings. The van der Waals surface area contributed by atoms with Crippen LogP contribution in [0.2, 0.25) is 0 Å². The van der Waals surface area contributed by atoms with Crippen molar-refractivity contribution in [1.29, 1.82) is 0 Å². The Hall–Kier alpha value is -0.610. The third-order valence-electron chi connectivity index (χ3n) is 9.21. The fourth-order valence-electron chi connectivity index (χ4n) is 7.39. The number of carbonyl (C=O) groups is 1. The van der Waals surface area contributed by atoms with Crippen LogP contribution >= 0.6 is 0 Å². The zero-order chi connectivity index (χ0) is 20.3. The second-order valence-electron chi connectivity index (χ2n) is 11.4. The summed E-state index contributed by atoms with van der Waals surface area (Å²) >= 11 is 0. The van der Waals surface area contributed by atoms with Crippen LogP contribution in [-0.2, 0) is 19.0 Å². The molecule has 4 nitrogen and oxygen atoms in total. The molecule has 0 bridgehead atoms. The van der Waals surface area contributed by atoms with Gasteiger partial charge in [-0.25, -0.2) is 0 Å². The molecular formula is C25H40O4. The molecule has 3 aliphatic carbocycles. The molecule has 0 spiro atoms. The Bertz CT molecular complexity index is 618. The normalized spacial score (nSPS) is 51.1. The van der Waals surface area contributed by atoms with Crippen molar-refractivity contribution in [1.82, 2.24) is 0 Å². The molecule has 5 rings (SSSR count). The first-order valence-corrected chi connectivity index (χ1v) is 12.4. The first kappa shape index (κ1) is 20.3. The topological polar surface area (TPSA) is 51.4 Å². The molecule has 11 atom stereocenters. The van der Waals surface area contributed by atoms with E-state index >= 15 is 0 Å². The summed E-state index contributed by atoms with van der Waals surface area (Å²) in [6.07, 6.45) is 9.94. The van der Waals surface area contributed by atoms with Gasteiger partial charge in [0.05, 0.1) is 36.9 Å². The number of rotatable bonds is 5. The van der Waals surface area contributed by atoms with E-state index < -0.39 is 0 Å². The van der Waals surface area contributed by atoms with Crippen LogP contribution in [0.4, 0.5) is 0 Å². The highest BCUT2D eigenvalue weighted by atomic mass is 16.6. The molecular weight excluding hydrogens is 364 g/mol. The number of hydrogen-bond acceptors (Lipinski definition) is 4. The molecule has 2 aliphatic heterocycles. The molecule has 2 heterocycles. The first-order chi connectivity index (χ1) is 13.9. The molecule has 0 aromatic carbocycles. The maximum absolute atomic E-state index is 12.9. The second-order valence-corrected chi connectivity index (χ2v) is 11.4. The smallest absolute Gasteiger partial charge is 0.309 e. The lowest BCUT2D eigenvalue weighted by atomic mass is 9.60. The quantitative estimate of drug-likeness (QED) is 0.486. The lowest BCUT2D eigenvalue weighted by Gasteiger charge is -2.45. The molecule has 0 amide bonds. The summed E-state index contributed by atoms with van der Waals surface area (Å²) in [5, 5.41) is 0. The van der Waals surface area contributed by atoms with E-state index in [1.54, 1.807) is 0 Å². The number of epoxide rings is 2. The third-order valence-corrected chi connectivity index (χ3v) is 9.21. The summed E-state index contributed by atoms with van der Waals surface area (Å²) in [5.41, 5.74) is 0. The van der Waals surface area contributed by atoms with E-state index in [1.165, 1.54) is 19.3 Å². The monoisotopic (exact) mass is 404 g/mol. The molecule has 4 heteroatoms. The van der Waals surface area contributed by atoms with Gasteiger partial charge in [-0.1, -0.05) is 34.1 Å². The Labute approximate surface area is 176 Å². The maximum Gasteiger partial charge on any atom is 0.309 e. The van der Waals surface area contributed by atoms with E-state index in [2.05, 4.69) is 27.7 Å². The van der Waals surface area contributed by atoms with Crippen molar-refractivity contribution < 1.29 is 19.0 Å². The summed E-state index contributed by atoms with van der Waals surface area (Å²) in [6, 6.07) is 0. The predicted molar refractivity (Wildman–Crippen MR) is 111 cm³/mol. The summed E-state index contributed by atoms with van der Waals surface area (Å²) in [5.74, 6) is 4.48. The van der Waals surface area contributed by atoms with Crippen molar-refractivity contribution in [2.75, 3.05) is 6.61 Å². The van der Waals surface area contributed by atoms with Crippen LogP contribution < -0.4 is 0 Å². The SMILES string of the molecule is CC1CCC(C(C)C)C(C2C(COC(=O)C3CCC4OC4C3C)CCC3OC32)C1. The van der Waals surface area contributed by atoms with Crippen molar-refractivity contribution >= 4 is 5.97 Å². The highest BCUT2D eigenvalue weighted by molar-refractivity contribution is 5.73. The summed E-state index contributed by atoms with van der Waals surface area (Å²) in [7, 11) is 0. The van der Waals surface area contributed by atoms with Crippen molar-refractivity contribution in [3.05, 3.63) is 0 Å². The van der Waals surface area contributed by atoms with Crippen molar-refractivity contribution in [2.24, 2.45) is 47.3 Å². The van der Waals surface area contributed by atoms with E-state index in [1.807, 2.05) is 0 Å². The van der Waals surface area contributed by atoms with Gasteiger partial charge in [-0.05, 0) is 80.0 Å². The molecule has 3 saturated carbocycles. The number of fused-ring (bicyclic) bond motifs is 2. The zero-order valence-electron chi connectivity index (χ0n) is 18.7. The minimum Gasteiger partial charge on any atom is -0.465 e. The first-order valence-electron chi connectivity index (χ1n) is 12.4. The van der Waals surface area contributed by atoms with Crippen LogP contribution in [0.25, 0.3) is 0 Å². The Kier molecular flexibility index (Phi) is 5.47. The predicted octanol–water partition coefficient (Wildman–Crippen LogP) is 4.85. The fourth-order valence-corrected chi connectivity index (χ4v) is 7.39. The van der Waals surface area contributed by atoms with Gasteiger partial charge in [0.15, 0.2) is 0 Å². The average molecular weight is 405 g/mol. The molecule has 0 aromatic rings. The van der Waals surface area contributed by atoms with Crippen molar-refractivity contribution in [3.8, 4) is 0 Å². The number of ether oxygens (including phenoxy) is 3. The van der Waals surface area contributed by atoms with Gasteiger partial charge >= 0.3 is 5.97 Å². The zero-order valence-corrected chi connectivity index (χ0v) is 18.7. The molecule has 2 saturated heterocycles. The van der Waals surface area contributed by atoms with Crippen LogP contribution in [0, 0.1) is 47.3 Å². The lowest BCUT2D eigenvalue weighted by Crippen LogP contribution is -2.43. The van der Waals surface area contributed by atoms with Crippen LogP contribution in [0.15, 0.2) is 0 Å². The van der Waals surface area contributed by atoms with E-state index in [0.29, 0.717) is 48.8 Å². The molecule has 5 fully saturated rings. The van der Waals surface area contributed by atoms with E-state index in [9.17, 15) is 4.79 Å². The molecule has 0 radical (unpaired) electrons. The summed E-state index contributed by atoms with van der Waals surface area (Å²) in [4.78, 5) is 12.9. The molecule has 11 unspecified atom stereocenters.